The molecule has 1 atom stereocenters. The van der Waals surface area contributed by atoms with Crippen molar-refractivity contribution in [1.82, 2.24) is 0 Å². The lowest BCUT2D eigenvalue weighted by Gasteiger charge is -2.10. The van der Waals surface area contributed by atoms with Gasteiger partial charge in [-0.05, 0) is 6.42 Å². The molecule has 0 aliphatic carbocycles. The summed E-state index contributed by atoms with van der Waals surface area (Å²) in [5.41, 5.74) is 0. The topological polar surface area (TPSA) is 66.8 Å². The van der Waals surface area contributed by atoms with Gasteiger partial charge in [0.05, 0.1) is 6.61 Å². The lowest BCUT2D eigenvalue weighted by Crippen LogP contribution is -2.28. The summed E-state index contributed by atoms with van der Waals surface area (Å²) < 4.78 is 5.08. The predicted octanol–water partition coefficient (Wildman–Crippen LogP) is 3.37. The molecule has 0 fully saturated rings. The Labute approximate surface area is 117 Å². The minimum atomic E-state index is -1.09. The first-order chi connectivity index (χ1) is 9.22. The summed E-state index contributed by atoms with van der Waals surface area (Å²) in [7, 11) is 0. The lowest BCUT2D eigenvalue weighted by atomic mass is 10.1. The molecule has 19 heavy (non-hydrogen) atoms. The smallest absolute Gasteiger partial charge is 0.335 e. The van der Waals surface area contributed by atoms with Crippen LogP contribution in [0.4, 0.5) is 0 Å². The van der Waals surface area contributed by atoms with Crippen molar-refractivity contribution in [3.63, 3.8) is 0 Å². The molecule has 0 rings (SSSR count). The summed E-state index contributed by atoms with van der Waals surface area (Å²) in [6.07, 6.45) is 11.3. The van der Waals surface area contributed by atoms with E-state index < -0.39 is 18.7 Å². The van der Waals surface area contributed by atoms with Gasteiger partial charge in [0.15, 0.2) is 6.10 Å². The van der Waals surface area contributed by atoms with Crippen LogP contribution in [0.1, 0.15) is 71.1 Å². The van der Waals surface area contributed by atoms with Crippen molar-refractivity contribution in [2.45, 2.75) is 77.2 Å². The Morgan fingerprint density at radius 1 is 0.947 bits per heavy atom. The lowest BCUT2D eigenvalue weighted by molar-refractivity contribution is -0.153. The molecule has 0 aromatic heterocycles. The van der Waals surface area contributed by atoms with E-state index in [4.69, 9.17) is 14.9 Å². The highest BCUT2D eigenvalue weighted by atomic mass is 16.5. The fourth-order valence-corrected chi connectivity index (χ4v) is 2.02. The minimum Gasteiger partial charge on any atom is -0.479 e. The molecule has 0 heterocycles. The first-order valence-corrected chi connectivity index (χ1v) is 7.67. The Morgan fingerprint density at radius 3 is 1.84 bits per heavy atom. The molecule has 0 amide bonds. The molecule has 0 aromatic rings. The van der Waals surface area contributed by atoms with Crippen molar-refractivity contribution >= 4 is 5.97 Å². The summed E-state index contributed by atoms with van der Waals surface area (Å²) in [6.45, 7) is 2.20. The van der Waals surface area contributed by atoms with Gasteiger partial charge in [0, 0.05) is 6.61 Å². The molecule has 4 heteroatoms. The fourth-order valence-electron chi connectivity index (χ4n) is 2.02. The molecule has 0 radical (unpaired) electrons. The van der Waals surface area contributed by atoms with Gasteiger partial charge in [0.1, 0.15) is 0 Å². The predicted molar refractivity (Wildman–Crippen MR) is 76.3 cm³/mol. The van der Waals surface area contributed by atoms with Crippen molar-refractivity contribution in [3.05, 3.63) is 0 Å². The van der Waals surface area contributed by atoms with E-state index in [0.29, 0.717) is 6.61 Å². The molecule has 0 aliphatic rings. The van der Waals surface area contributed by atoms with Crippen LogP contribution < -0.4 is 0 Å². The minimum absolute atomic E-state index is 0.425. The number of aliphatic hydroxyl groups is 1. The number of aliphatic hydroxyl groups excluding tert-OH is 1. The molecule has 2 N–H and O–H groups in total. The molecule has 114 valence electrons. The summed E-state index contributed by atoms with van der Waals surface area (Å²) >= 11 is 0. The molecule has 0 saturated heterocycles. The number of carbonyl (C=O) groups is 1. The van der Waals surface area contributed by atoms with Gasteiger partial charge >= 0.3 is 5.97 Å². The van der Waals surface area contributed by atoms with E-state index in [1.165, 1.54) is 51.4 Å². The highest BCUT2D eigenvalue weighted by molar-refractivity contribution is 5.72. The van der Waals surface area contributed by atoms with E-state index in [2.05, 4.69) is 6.92 Å². The van der Waals surface area contributed by atoms with E-state index in [9.17, 15) is 4.79 Å². The number of carboxylic acids is 1. The standard InChI is InChI=1S/C15H30O4/c1-2-3-4-5-6-7-8-9-10-11-12-19-14(13-16)15(17)18/h14,16H,2-13H2,1H3,(H,17,18). The molecule has 1 unspecified atom stereocenters. The maximum atomic E-state index is 10.6. The van der Waals surface area contributed by atoms with Crippen LogP contribution in [-0.2, 0) is 9.53 Å². The third-order valence-corrected chi connectivity index (χ3v) is 3.26. The average Bonchev–Trinajstić information content (AvgIpc) is 2.40. The van der Waals surface area contributed by atoms with E-state index in [-0.39, 0.29) is 0 Å². The molecular weight excluding hydrogens is 244 g/mol. The van der Waals surface area contributed by atoms with Gasteiger partial charge in [0.2, 0.25) is 0 Å². The highest BCUT2D eigenvalue weighted by Crippen LogP contribution is 2.10. The van der Waals surface area contributed by atoms with Gasteiger partial charge in [-0.3, -0.25) is 0 Å². The third-order valence-electron chi connectivity index (χ3n) is 3.26. The number of ether oxygens (including phenoxy) is 1. The zero-order valence-electron chi connectivity index (χ0n) is 12.3. The molecule has 0 aromatic carbocycles. The first-order valence-electron chi connectivity index (χ1n) is 7.67. The molecule has 0 saturated carbocycles. The van der Waals surface area contributed by atoms with Crippen LogP contribution in [0.25, 0.3) is 0 Å². The van der Waals surface area contributed by atoms with Crippen molar-refractivity contribution in [2.75, 3.05) is 13.2 Å². The van der Waals surface area contributed by atoms with Crippen LogP contribution in [-0.4, -0.2) is 35.5 Å². The largest absolute Gasteiger partial charge is 0.479 e. The molecular formula is C15H30O4. The number of aliphatic carboxylic acids is 1. The normalized spacial score (nSPS) is 12.5. The summed E-state index contributed by atoms with van der Waals surface area (Å²) in [5.74, 6) is -1.09. The maximum Gasteiger partial charge on any atom is 0.335 e. The Kier molecular flexibility index (Phi) is 13.4. The van der Waals surface area contributed by atoms with Crippen LogP contribution in [0, 0.1) is 0 Å². The quantitative estimate of drug-likeness (QED) is 0.477. The van der Waals surface area contributed by atoms with Crippen LogP contribution >= 0.6 is 0 Å². The van der Waals surface area contributed by atoms with Crippen molar-refractivity contribution in [1.29, 1.82) is 0 Å². The van der Waals surface area contributed by atoms with Crippen molar-refractivity contribution in [2.24, 2.45) is 0 Å². The summed E-state index contributed by atoms with van der Waals surface area (Å²) in [5, 5.41) is 17.4. The summed E-state index contributed by atoms with van der Waals surface area (Å²) in [6, 6.07) is 0. The van der Waals surface area contributed by atoms with E-state index >= 15 is 0 Å². The van der Waals surface area contributed by atoms with Crippen molar-refractivity contribution in [3.8, 4) is 0 Å². The van der Waals surface area contributed by atoms with Gasteiger partial charge in [-0.15, -0.1) is 0 Å². The van der Waals surface area contributed by atoms with Crippen LogP contribution in [0.3, 0.4) is 0 Å². The molecule has 0 aliphatic heterocycles. The Hall–Kier alpha value is -0.610. The van der Waals surface area contributed by atoms with Crippen LogP contribution in [0.5, 0.6) is 0 Å². The highest BCUT2D eigenvalue weighted by Gasteiger charge is 2.15. The molecule has 0 spiro atoms. The second kappa shape index (κ2) is 13.8. The van der Waals surface area contributed by atoms with Gasteiger partial charge in [-0.1, -0.05) is 64.7 Å². The average molecular weight is 274 g/mol. The fraction of sp³-hybridized carbons (Fsp3) is 0.933. The Bertz CT molecular complexity index is 206. The zero-order chi connectivity index (χ0) is 14.3. The number of unbranched alkanes of at least 4 members (excludes halogenated alkanes) is 9. The second-order valence-corrected chi connectivity index (χ2v) is 5.06. The van der Waals surface area contributed by atoms with E-state index in [1.54, 1.807) is 0 Å². The number of rotatable bonds is 14. The number of carboxylic acid groups (broad SMARTS) is 1. The monoisotopic (exact) mass is 274 g/mol. The number of hydrogen-bond acceptors (Lipinski definition) is 3. The van der Waals surface area contributed by atoms with Gasteiger partial charge < -0.3 is 14.9 Å². The van der Waals surface area contributed by atoms with Crippen molar-refractivity contribution < 1.29 is 19.7 Å². The summed E-state index contributed by atoms with van der Waals surface area (Å²) in [4.78, 5) is 10.6. The van der Waals surface area contributed by atoms with Gasteiger partial charge in [-0.2, -0.15) is 0 Å². The van der Waals surface area contributed by atoms with Gasteiger partial charge in [-0.25, -0.2) is 4.79 Å². The van der Waals surface area contributed by atoms with E-state index in [0.717, 1.165) is 12.8 Å². The van der Waals surface area contributed by atoms with Crippen LogP contribution in [0.2, 0.25) is 0 Å². The first kappa shape index (κ1) is 18.4. The molecule has 0 bridgehead atoms. The number of hydrogen-bond donors (Lipinski definition) is 2. The maximum absolute atomic E-state index is 10.6. The van der Waals surface area contributed by atoms with Gasteiger partial charge in [0.25, 0.3) is 0 Å². The third kappa shape index (κ3) is 12.2. The Morgan fingerprint density at radius 2 is 1.42 bits per heavy atom. The molecule has 4 nitrogen and oxygen atoms in total. The Balaban J connectivity index is 3.16. The van der Waals surface area contributed by atoms with E-state index in [1.807, 2.05) is 0 Å². The van der Waals surface area contributed by atoms with Crippen LogP contribution in [0.15, 0.2) is 0 Å². The second-order valence-electron chi connectivity index (χ2n) is 5.06. The zero-order valence-corrected chi connectivity index (χ0v) is 12.3. The SMILES string of the molecule is CCCCCCCCCCCCOC(CO)C(=O)O.